The van der Waals surface area contributed by atoms with E-state index < -0.39 is 24.3 Å². The normalized spacial score (nSPS) is 15.8. The van der Waals surface area contributed by atoms with E-state index in [1.165, 1.54) is 31.4 Å². The molecule has 0 aliphatic carbocycles. The molecule has 0 N–H and O–H groups in total. The second-order valence-electron chi connectivity index (χ2n) is 6.50. The van der Waals surface area contributed by atoms with Crippen LogP contribution in [-0.2, 0) is 9.59 Å². The van der Waals surface area contributed by atoms with Crippen LogP contribution in [0.25, 0.3) is 0 Å². The van der Waals surface area contributed by atoms with E-state index in [9.17, 15) is 19.1 Å². The Labute approximate surface area is 167 Å². The number of ether oxygens (including phenoxy) is 2. The van der Waals surface area contributed by atoms with Crippen molar-refractivity contribution in [1.82, 2.24) is 5.01 Å². The van der Waals surface area contributed by atoms with Gasteiger partial charge in [0, 0.05) is 24.4 Å². The number of carbonyl (C=O) groups excluding carboxylic acids is 2. The molecule has 0 saturated carbocycles. The quantitative estimate of drug-likeness (QED) is 0.711. The fourth-order valence-electron chi connectivity index (χ4n) is 3.20. The van der Waals surface area contributed by atoms with Gasteiger partial charge in [-0.25, -0.2) is 9.40 Å². The van der Waals surface area contributed by atoms with E-state index in [1.54, 1.807) is 30.3 Å². The molecule has 0 spiro atoms. The monoisotopic (exact) mass is 399 g/mol. The van der Waals surface area contributed by atoms with Crippen LogP contribution < -0.4 is 14.6 Å². The summed E-state index contributed by atoms with van der Waals surface area (Å²) in [6.07, 6.45) is -0.242. The number of nitrogens with zero attached hydrogens (tertiary/aromatic N) is 2. The van der Waals surface area contributed by atoms with Crippen LogP contribution in [0, 0.1) is 5.82 Å². The Morgan fingerprint density at radius 1 is 1.10 bits per heavy atom. The zero-order valence-electron chi connectivity index (χ0n) is 16.1. The molecule has 1 aliphatic rings. The van der Waals surface area contributed by atoms with Gasteiger partial charge in [0.05, 0.1) is 26.0 Å². The Kier molecular flexibility index (Phi) is 6.11. The van der Waals surface area contributed by atoms with Gasteiger partial charge in [-0.1, -0.05) is 12.1 Å². The molecule has 2 aromatic rings. The first kappa shape index (κ1) is 20.3. The summed E-state index contributed by atoms with van der Waals surface area (Å²) in [4.78, 5) is 23.3. The lowest BCUT2D eigenvalue weighted by atomic mass is 9.98. The van der Waals surface area contributed by atoms with Gasteiger partial charge < -0.3 is 19.4 Å². The van der Waals surface area contributed by atoms with Crippen LogP contribution in [0.5, 0.6) is 11.5 Å². The Balaban J connectivity index is 1.94. The Morgan fingerprint density at radius 3 is 2.41 bits per heavy atom. The summed E-state index contributed by atoms with van der Waals surface area (Å²) in [6.45, 7) is 0. The molecular weight excluding hydrogens is 379 g/mol. The molecule has 8 heteroatoms. The third-order valence-corrected chi connectivity index (χ3v) is 4.68. The van der Waals surface area contributed by atoms with Crippen molar-refractivity contribution in [3.63, 3.8) is 0 Å². The van der Waals surface area contributed by atoms with Crippen LogP contribution in [0.4, 0.5) is 4.39 Å². The van der Waals surface area contributed by atoms with E-state index in [-0.39, 0.29) is 12.2 Å². The average molecular weight is 399 g/mol. The topological polar surface area (TPSA) is 91.3 Å². The SMILES string of the molecule is COc1ccc(C2=NN(C(=O)CCC(=O)[O-])[C@@H](c3ccc(F)cc3)C2)cc1OC. The van der Waals surface area contributed by atoms with E-state index in [2.05, 4.69) is 5.10 Å². The van der Waals surface area contributed by atoms with Gasteiger partial charge >= 0.3 is 0 Å². The predicted octanol–water partition coefficient (Wildman–Crippen LogP) is 2.05. The number of amides is 1. The number of carboxylic acids is 1. The van der Waals surface area contributed by atoms with Gasteiger partial charge in [0.15, 0.2) is 11.5 Å². The molecule has 29 heavy (non-hydrogen) atoms. The van der Waals surface area contributed by atoms with Gasteiger partial charge in [0.1, 0.15) is 5.82 Å². The lowest BCUT2D eigenvalue weighted by Gasteiger charge is -2.22. The van der Waals surface area contributed by atoms with Gasteiger partial charge in [0.25, 0.3) is 0 Å². The molecule has 1 amide bonds. The van der Waals surface area contributed by atoms with Crippen LogP contribution >= 0.6 is 0 Å². The molecule has 0 saturated heterocycles. The summed E-state index contributed by atoms with van der Waals surface area (Å²) in [5.41, 5.74) is 2.07. The van der Waals surface area contributed by atoms with Crippen LogP contribution in [-0.4, -0.2) is 36.8 Å². The highest BCUT2D eigenvalue weighted by Gasteiger charge is 2.33. The summed E-state index contributed by atoms with van der Waals surface area (Å²) in [7, 11) is 3.06. The Bertz CT molecular complexity index is 943. The maximum Gasteiger partial charge on any atom is 0.243 e. The molecule has 3 rings (SSSR count). The summed E-state index contributed by atoms with van der Waals surface area (Å²) < 4.78 is 23.9. The van der Waals surface area contributed by atoms with Crippen LogP contribution in [0.15, 0.2) is 47.6 Å². The first-order valence-electron chi connectivity index (χ1n) is 9.00. The lowest BCUT2D eigenvalue weighted by molar-refractivity contribution is -0.305. The molecular formula is C21H20FN2O5-. The number of carboxylic acid groups (broad SMARTS) is 1. The van der Waals surface area contributed by atoms with Gasteiger partial charge in [-0.05, 0) is 42.3 Å². The molecule has 0 radical (unpaired) electrons. The fraction of sp³-hybridized carbons (Fsp3) is 0.286. The summed E-state index contributed by atoms with van der Waals surface area (Å²) in [5, 5.41) is 16.4. The van der Waals surface area contributed by atoms with Crippen molar-refractivity contribution in [2.75, 3.05) is 14.2 Å². The lowest BCUT2D eigenvalue weighted by Crippen LogP contribution is -2.29. The fourth-order valence-corrected chi connectivity index (χ4v) is 3.20. The minimum atomic E-state index is -1.31. The summed E-state index contributed by atoms with van der Waals surface area (Å²) in [6, 6.07) is 10.6. The largest absolute Gasteiger partial charge is 0.550 e. The number of rotatable bonds is 7. The Morgan fingerprint density at radius 2 is 1.79 bits per heavy atom. The second kappa shape index (κ2) is 8.72. The van der Waals surface area contributed by atoms with Crippen molar-refractivity contribution < 1.29 is 28.6 Å². The molecule has 7 nitrogen and oxygen atoms in total. The molecule has 1 aliphatic heterocycles. The maximum absolute atomic E-state index is 13.3. The van der Waals surface area contributed by atoms with E-state index in [4.69, 9.17) is 9.47 Å². The molecule has 0 unspecified atom stereocenters. The number of hydrogen-bond donors (Lipinski definition) is 0. The molecule has 1 heterocycles. The smallest absolute Gasteiger partial charge is 0.243 e. The molecule has 1 atom stereocenters. The highest BCUT2D eigenvalue weighted by atomic mass is 19.1. The third-order valence-electron chi connectivity index (χ3n) is 4.68. The third kappa shape index (κ3) is 4.53. The number of carbonyl (C=O) groups is 2. The van der Waals surface area contributed by atoms with Gasteiger partial charge in [-0.15, -0.1) is 0 Å². The number of aliphatic carboxylic acids is 1. The highest BCUT2D eigenvalue weighted by molar-refractivity contribution is 6.03. The minimum absolute atomic E-state index is 0.233. The zero-order valence-corrected chi connectivity index (χ0v) is 16.1. The second-order valence-corrected chi connectivity index (χ2v) is 6.50. The number of benzene rings is 2. The van der Waals surface area contributed by atoms with E-state index in [0.29, 0.717) is 29.2 Å². The molecule has 0 bridgehead atoms. The van der Waals surface area contributed by atoms with E-state index >= 15 is 0 Å². The standard InChI is InChI=1S/C21H21FN2O5/c1-28-18-8-5-14(11-19(18)29-2)16-12-17(13-3-6-15(22)7-4-13)24(23-16)20(25)9-10-21(26)27/h3-8,11,17H,9-10,12H2,1-2H3,(H,26,27)/p-1/t17-/m1/s1. The van der Waals surface area contributed by atoms with Crippen molar-refractivity contribution in [3.05, 3.63) is 59.4 Å². The van der Waals surface area contributed by atoms with E-state index in [1.807, 2.05) is 0 Å². The summed E-state index contributed by atoms with van der Waals surface area (Å²) >= 11 is 0. The molecule has 0 fully saturated rings. The average Bonchev–Trinajstić information content (AvgIpc) is 3.17. The Hall–Kier alpha value is -3.42. The number of halogens is 1. The van der Waals surface area contributed by atoms with Crippen molar-refractivity contribution in [2.45, 2.75) is 25.3 Å². The van der Waals surface area contributed by atoms with Crippen LogP contribution in [0.1, 0.15) is 36.4 Å². The van der Waals surface area contributed by atoms with Crippen molar-refractivity contribution in [1.29, 1.82) is 0 Å². The predicted molar refractivity (Wildman–Crippen MR) is 101 cm³/mol. The van der Waals surface area contributed by atoms with Crippen molar-refractivity contribution in [3.8, 4) is 11.5 Å². The van der Waals surface area contributed by atoms with E-state index in [0.717, 1.165) is 5.56 Å². The van der Waals surface area contributed by atoms with Crippen LogP contribution in [0.2, 0.25) is 0 Å². The van der Waals surface area contributed by atoms with Crippen LogP contribution in [0.3, 0.4) is 0 Å². The zero-order chi connectivity index (χ0) is 21.0. The molecule has 0 aromatic heterocycles. The van der Waals surface area contributed by atoms with Crippen molar-refractivity contribution in [2.24, 2.45) is 5.10 Å². The first-order chi connectivity index (χ1) is 13.9. The number of hydrazone groups is 1. The minimum Gasteiger partial charge on any atom is -0.550 e. The number of methoxy groups -OCH3 is 2. The molecule has 2 aromatic carbocycles. The van der Waals surface area contributed by atoms with Gasteiger partial charge in [-0.3, -0.25) is 4.79 Å². The van der Waals surface area contributed by atoms with Gasteiger partial charge in [-0.2, -0.15) is 5.10 Å². The van der Waals surface area contributed by atoms with Crippen molar-refractivity contribution >= 4 is 17.6 Å². The number of hydrogen-bond acceptors (Lipinski definition) is 6. The maximum atomic E-state index is 13.3. The summed E-state index contributed by atoms with van der Waals surface area (Å²) in [5.74, 6) is -1.05. The first-order valence-corrected chi connectivity index (χ1v) is 9.00. The molecule has 152 valence electrons. The highest BCUT2D eigenvalue weighted by Crippen LogP contribution is 2.35. The van der Waals surface area contributed by atoms with Gasteiger partial charge in [0.2, 0.25) is 5.91 Å².